The van der Waals surface area contributed by atoms with E-state index in [0.29, 0.717) is 12.1 Å². The number of guanidine groups is 1. The number of benzene rings is 1. The lowest BCUT2D eigenvalue weighted by atomic mass is 10.2. The van der Waals surface area contributed by atoms with E-state index in [9.17, 15) is 0 Å². The number of likely N-dealkylation sites (N-methyl/N-ethyl adjacent to an activating group) is 1. The van der Waals surface area contributed by atoms with Gasteiger partial charge in [-0.05, 0) is 39.3 Å². The third-order valence-electron chi connectivity index (χ3n) is 4.41. The Labute approximate surface area is 169 Å². The van der Waals surface area contributed by atoms with Crippen molar-refractivity contribution in [1.82, 2.24) is 15.5 Å². The van der Waals surface area contributed by atoms with Crippen molar-refractivity contribution in [3.8, 4) is 0 Å². The first kappa shape index (κ1) is 22.2. The fourth-order valence-corrected chi connectivity index (χ4v) is 2.75. The number of hydrogen-bond acceptors (Lipinski definition) is 3. The van der Waals surface area contributed by atoms with Gasteiger partial charge in [0.25, 0.3) is 0 Å². The van der Waals surface area contributed by atoms with Gasteiger partial charge >= 0.3 is 0 Å². The number of halogens is 1. The molecule has 2 rings (SSSR count). The summed E-state index contributed by atoms with van der Waals surface area (Å²) in [6.45, 7) is 8.61. The minimum Gasteiger partial charge on any atom is -0.376 e. The van der Waals surface area contributed by atoms with Crippen LogP contribution in [-0.4, -0.2) is 56.3 Å². The Morgan fingerprint density at radius 2 is 2.08 bits per heavy atom. The molecule has 0 saturated carbocycles. The molecule has 5 nitrogen and oxygen atoms in total. The fourth-order valence-electron chi connectivity index (χ4n) is 2.75. The SMILES string of the molecule is CCNC(=NCC(C)N(C)Cc1ccccc1)NCC1CCCO1.I. The lowest BCUT2D eigenvalue weighted by Crippen LogP contribution is -2.42. The molecule has 1 aromatic rings. The van der Waals surface area contributed by atoms with Crippen molar-refractivity contribution < 1.29 is 4.74 Å². The molecule has 1 heterocycles. The van der Waals surface area contributed by atoms with Gasteiger partial charge in [0.1, 0.15) is 0 Å². The van der Waals surface area contributed by atoms with E-state index in [-0.39, 0.29) is 24.0 Å². The molecular weight excluding hydrogens is 427 g/mol. The second kappa shape index (κ2) is 12.5. The zero-order valence-corrected chi connectivity index (χ0v) is 18.0. The average molecular weight is 460 g/mol. The van der Waals surface area contributed by atoms with Crippen molar-refractivity contribution in [3.63, 3.8) is 0 Å². The van der Waals surface area contributed by atoms with Crippen LogP contribution in [-0.2, 0) is 11.3 Å². The van der Waals surface area contributed by atoms with Crippen molar-refractivity contribution >= 4 is 29.9 Å². The third kappa shape index (κ3) is 8.37. The van der Waals surface area contributed by atoms with E-state index in [1.807, 2.05) is 0 Å². The van der Waals surface area contributed by atoms with E-state index in [1.165, 1.54) is 12.0 Å². The van der Waals surface area contributed by atoms with Gasteiger partial charge in [-0.25, -0.2) is 0 Å². The summed E-state index contributed by atoms with van der Waals surface area (Å²) >= 11 is 0. The van der Waals surface area contributed by atoms with Crippen LogP contribution < -0.4 is 10.6 Å². The summed E-state index contributed by atoms with van der Waals surface area (Å²) in [5.74, 6) is 0.882. The molecule has 1 fully saturated rings. The van der Waals surface area contributed by atoms with Gasteiger partial charge in [-0.15, -0.1) is 24.0 Å². The summed E-state index contributed by atoms with van der Waals surface area (Å²) in [6.07, 6.45) is 2.64. The minimum absolute atomic E-state index is 0. The topological polar surface area (TPSA) is 48.9 Å². The highest BCUT2D eigenvalue weighted by Crippen LogP contribution is 2.10. The molecule has 1 aromatic carbocycles. The zero-order chi connectivity index (χ0) is 17.2. The highest BCUT2D eigenvalue weighted by molar-refractivity contribution is 14.0. The van der Waals surface area contributed by atoms with Crippen molar-refractivity contribution in [1.29, 1.82) is 0 Å². The second-order valence-electron chi connectivity index (χ2n) is 6.49. The van der Waals surface area contributed by atoms with Gasteiger partial charge in [-0.2, -0.15) is 0 Å². The predicted octanol–water partition coefficient (Wildman–Crippen LogP) is 2.86. The average Bonchev–Trinajstić information content (AvgIpc) is 3.11. The summed E-state index contributed by atoms with van der Waals surface area (Å²) < 4.78 is 5.66. The van der Waals surface area contributed by atoms with Crippen LogP contribution in [0.15, 0.2) is 35.3 Å². The third-order valence-corrected chi connectivity index (χ3v) is 4.41. The van der Waals surface area contributed by atoms with Crippen LogP contribution >= 0.6 is 24.0 Å². The molecule has 2 atom stereocenters. The van der Waals surface area contributed by atoms with Crippen LogP contribution in [0.5, 0.6) is 0 Å². The standard InChI is InChI=1S/C19H32N4O.HI/c1-4-20-19(22-14-18-11-8-12-24-18)21-13-16(2)23(3)15-17-9-6-5-7-10-17;/h5-7,9-10,16,18H,4,8,11-15H2,1-3H3,(H2,20,21,22);1H. The van der Waals surface area contributed by atoms with Crippen LogP contribution in [0.25, 0.3) is 0 Å². The van der Waals surface area contributed by atoms with E-state index >= 15 is 0 Å². The molecule has 0 bridgehead atoms. The molecule has 0 amide bonds. The fraction of sp³-hybridized carbons (Fsp3) is 0.632. The first-order chi connectivity index (χ1) is 11.7. The van der Waals surface area contributed by atoms with E-state index in [4.69, 9.17) is 9.73 Å². The highest BCUT2D eigenvalue weighted by Gasteiger charge is 2.15. The lowest BCUT2D eigenvalue weighted by molar-refractivity contribution is 0.114. The van der Waals surface area contributed by atoms with Gasteiger partial charge in [0.2, 0.25) is 0 Å². The molecule has 1 aliphatic rings. The number of rotatable bonds is 8. The van der Waals surface area contributed by atoms with Crippen LogP contribution in [0.3, 0.4) is 0 Å². The monoisotopic (exact) mass is 460 g/mol. The number of hydrogen-bond donors (Lipinski definition) is 2. The number of nitrogens with one attached hydrogen (secondary N) is 2. The van der Waals surface area contributed by atoms with Gasteiger partial charge < -0.3 is 15.4 Å². The second-order valence-corrected chi connectivity index (χ2v) is 6.49. The van der Waals surface area contributed by atoms with Gasteiger partial charge in [-0.3, -0.25) is 9.89 Å². The van der Waals surface area contributed by atoms with E-state index in [2.05, 4.69) is 66.8 Å². The van der Waals surface area contributed by atoms with Crippen molar-refractivity contribution in [3.05, 3.63) is 35.9 Å². The summed E-state index contributed by atoms with van der Waals surface area (Å²) in [4.78, 5) is 7.07. The molecule has 2 unspecified atom stereocenters. The highest BCUT2D eigenvalue weighted by atomic mass is 127. The van der Waals surface area contributed by atoms with Gasteiger partial charge in [-0.1, -0.05) is 30.3 Å². The number of aliphatic imine (C=N–C) groups is 1. The lowest BCUT2D eigenvalue weighted by Gasteiger charge is -2.24. The summed E-state index contributed by atoms with van der Waals surface area (Å²) in [5, 5.41) is 6.72. The number of nitrogens with zero attached hydrogens (tertiary/aromatic N) is 2. The molecular formula is C19H33IN4O. The van der Waals surface area contributed by atoms with E-state index < -0.39 is 0 Å². The normalized spacial score (nSPS) is 18.7. The summed E-state index contributed by atoms with van der Waals surface area (Å²) in [7, 11) is 2.15. The Hall–Kier alpha value is -0.860. The Morgan fingerprint density at radius 3 is 2.72 bits per heavy atom. The molecule has 0 aromatic heterocycles. The molecule has 0 spiro atoms. The Morgan fingerprint density at radius 1 is 1.32 bits per heavy atom. The van der Waals surface area contributed by atoms with Crippen LogP contribution in [0.2, 0.25) is 0 Å². The van der Waals surface area contributed by atoms with Crippen LogP contribution in [0, 0.1) is 0 Å². The largest absolute Gasteiger partial charge is 0.376 e. The van der Waals surface area contributed by atoms with Crippen molar-refractivity contribution in [2.45, 2.75) is 45.4 Å². The predicted molar refractivity (Wildman–Crippen MR) is 116 cm³/mol. The zero-order valence-electron chi connectivity index (χ0n) is 15.7. The first-order valence-electron chi connectivity index (χ1n) is 9.07. The Balaban J connectivity index is 0.00000312. The molecule has 0 aliphatic carbocycles. The summed E-state index contributed by atoms with van der Waals surface area (Å²) in [6, 6.07) is 10.9. The molecule has 2 N–H and O–H groups in total. The number of ether oxygens (including phenoxy) is 1. The maximum absolute atomic E-state index is 5.66. The first-order valence-corrected chi connectivity index (χ1v) is 9.07. The van der Waals surface area contributed by atoms with Gasteiger partial charge in [0.05, 0.1) is 12.6 Å². The minimum atomic E-state index is 0. The van der Waals surface area contributed by atoms with Crippen LogP contribution in [0.1, 0.15) is 32.3 Å². The Kier molecular flexibility index (Phi) is 11.1. The molecule has 6 heteroatoms. The van der Waals surface area contributed by atoms with E-state index in [1.54, 1.807) is 0 Å². The molecule has 1 saturated heterocycles. The van der Waals surface area contributed by atoms with E-state index in [0.717, 1.165) is 45.2 Å². The maximum atomic E-state index is 5.66. The molecule has 0 radical (unpaired) electrons. The van der Waals surface area contributed by atoms with Gasteiger partial charge in [0.15, 0.2) is 5.96 Å². The van der Waals surface area contributed by atoms with Crippen molar-refractivity contribution in [2.75, 3.05) is 33.3 Å². The summed E-state index contributed by atoms with van der Waals surface area (Å²) in [5.41, 5.74) is 1.33. The Bertz CT molecular complexity index is 491. The van der Waals surface area contributed by atoms with Crippen molar-refractivity contribution in [2.24, 2.45) is 4.99 Å². The quantitative estimate of drug-likeness (QED) is 0.356. The van der Waals surface area contributed by atoms with Gasteiger partial charge in [0, 0.05) is 32.3 Å². The maximum Gasteiger partial charge on any atom is 0.191 e. The van der Waals surface area contributed by atoms with Crippen LogP contribution in [0.4, 0.5) is 0 Å². The molecule has 25 heavy (non-hydrogen) atoms. The smallest absolute Gasteiger partial charge is 0.191 e. The molecule has 142 valence electrons. The molecule has 1 aliphatic heterocycles.